The third-order valence-electron chi connectivity index (χ3n) is 1.87. The second-order valence-electron chi connectivity index (χ2n) is 2.95. The molecule has 0 saturated heterocycles. The molecule has 2 N–H and O–H groups in total. The molecule has 0 saturated carbocycles. The molecule has 4 heteroatoms. The SMILES string of the molecule is Brc1cccc(NCc2ccn[nH]2)c1. The number of nitrogens with zero attached hydrogens (tertiary/aromatic N) is 1. The quantitative estimate of drug-likeness (QED) is 0.881. The molecule has 0 amide bonds. The third kappa shape index (κ3) is 2.35. The Bertz CT molecular complexity index is 398. The first-order chi connectivity index (χ1) is 6.84. The average molecular weight is 252 g/mol. The van der Waals surface area contributed by atoms with E-state index in [1.807, 2.05) is 30.3 Å². The van der Waals surface area contributed by atoms with E-state index in [1.165, 1.54) is 0 Å². The van der Waals surface area contributed by atoms with Gasteiger partial charge < -0.3 is 5.32 Å². The lowest BCUT2D eigenvalue weighted by Crippen LogP contribution is -1.99. The fourth-order valence-electron chi connectivity index (χ4n) is 1.18. The van der Waals surface area contributed by atoms with Crippen LogP contribution >= 0.6 is 15.9 Å². The first-order valence-corrected chi connectivity index (χ1v) is 5.11. The summed E-state index contributed by atoms with van der Waals surface area (Å²) < 4.78 is 1.08. The predicted molar refractivity (Wildman–Crippen MR) is 60.1 cm³/mol. The molecule has 0 aliphatic heterocycles. The number of halogens is 1. The summed E-state index contributed by atoms with van der Waals surface area (Å²) in [4.78, 5) is 0. The van der Waals surface area contributed by atoms with E-state index in [1.54, 1.807) is 6.20 Å². The molecule has 0 unspecified atom stereocenters. The molecule has 1 aromatic carbocycles. The van der Waals surface area contributed by atoms with Crippen molar-refractivity contribution in [2.24, 2.45) is 0 Å². The van der Waals surface area contributed by atoms with Gasteiger partial charge in [-0.2, -0.15) is 5.10 Å². The minimum atomic E-state index is 0.760. The Balaban J connectivity index is 1.98. The monoisotopic (exact) mass is 251 g/mol. The Morgan fingerprint density at radius 3 is 3.00 bits per heavy atom. The van der Waals surface area contributed by atoms with Gasteiger partial charge in [0, 0.05) is 16.4 Å². The largest absolute Gasteiger partial charge is 0.379 e. The van der Waals surface area contributed by atoms with E-state index < -0.39 is 0 Å². The molecule has 1 heterocycles. The normalized spacial score (nSPS) is 10.1. The van der Waals surface area contributed by atoms with Crippen LogP contribution in [-0.2, 0) is 6.54 Å². The van der Waals surface area contributed by atoms with Crippen LogP contribution in [0.1, 0.15) is 5.69 Å². The molecule has 2 aromatic rings. The fourth-order valence-corrected chi connectivity index (χ4v) is 1.58. The summed E-state index contributed by atoms with van der Waals surface area (Å²) in [5.74, 6) is 0. The molecule has 2 rings (SSSR count). The molecule has 0 atom stereocenters. The Hall–Kier alpha value is -1.29. The smallest absolute Gasteiger partial charge is 0.0567 e. The van der Waals surface area contributed by atoms with Gasteiger partial charge >= 0.3 is 0 Å². The summed E-state index contributed by atoms with van der Waals surface area (Å²) in [5.41, 5.74) is 2.17. The van der Waals surface area contributed by atoms with Crippen LogP contribution in [-0.4, -0.2) is 10.2 Å². The van der Waals surface area contributed by atoms with Gasteiger partial charge in [0.05, 0.1) is 12.2 Å². The molecular weight excluding hydrogens is 242 g/mol. The number of aromatic amines is 1. The van der Waals surface area contributed by atoms with Crippen molar-refractivity contribution < 1.29 is 0 Å². The van der Waals surface area contributed by atoms with Crippen molar-refractivity contribution in [3.05, 3.63) is 46.7 Å². The molecule has 0 aliphatic rings. The van der Waals surface area contributed by atoms with Crippen LogP contribution in [0.4, 0.5) is 5.69 Å². The van der Waals surface area contributed by atoms with Gasteiger partial charge in [-0.15, -0.1) is 0 Å². The van der Waals surface area contributed by atoms with Crippen molar-refractivity contribution in [1.29, 1.82) is 0 Å². The number of hydrogen-bond acceptors (Lipinski definition) is 2. The van der Waals surface area contributed by atoms with E-state index in [2.05, 4.69) is 31.4 Å². The number of H-pyrrole nitrogens is 1. The molecular formula is C10H10BrN3. The molecule has 0 spiro atoms. The van der Waals surface area contributed by atoms with Gasteiger partial charge in [0.1, 0.15) is 0 Å². The van der Waals surface area contributed by atoms with E-state index in [-0.39, 0.29) is 0 Å². The summed E-state index contributed by atoms with van der Waals surface area (Å²) in [7, 11) is 0. The minimum Gasteiger partial charge on any atom is -0.379 e. The standard InChI is InChI=1S/C10H10BrN3/c11-8-2-1-3-9(6-8)12-7-10-4-5-13-14-10/h1-6,12H,7H2,(H,13,14). The highest BCUT2D eigenvalue weighted by Crippen LogP contribution is 2.15. The fraction of sp³-hybridized carbons (Fsp3) is 0.100. The maximum absolute atomic E-state index is 3.88. The molecule has 0 radical (unpaired) electrons. The van der Waals surface area contributed by atoms with Crippen LogP contribution in [0.3, 0.4) is 0 Å². The average Bonchev–Trinajstić information content (AvgIpc) is 2.67. The van der Waals surface area contributed by atoms with Crippen LogP contribution in [0.15, 0.2) is 41.0 Å². The van der Waals surface area contributed by atoms with Crippen molar-refractivity contribution in [1.82, 2.24) is 10.2 Å². The number of anilines is 1. The van der Waals surface area contributed by atoms with Crippen LogP contribution in [0.25, 0.3) is 0 Å². The lowest BCUT2D eigenvalue weighted by atomic mass is 10.3. The van der Waals surface area contributed by atoms with Crippen molar-refractivity contribution >= 4 is 21.6 Å². The summed E-state index contributed by atoms with van der Waals surface area (Å²) >= 11 is 3.42. The van der Waals surface area contributed by atoms with Gasteiger partial charge in [0.15, 0.2) is 0 Å². The Morgan fingerprint density at radius 1 is 1.36 bits per heavy atom. The van der Waals surface area contributed by atoms with Gasteiger partial charge in [-0.1, -0.05) is 22.0 Å². The van der Waals surface area contributed by atoms with E-state index in [0.29, 0.717) is 0 Å². The van der Waals surface area contributed by atoms with Crippen molar-refractivity contribution in [3.63, 3.8) is 0 Å². The zero-order valence-corrected chi connectivity index (χ0v) is 9.08. The highest BCUT2D eigenvalue weighted by Gasteiger charge is 1.94. The number of aromatic nitrogens is 2. The van der Waals surface area contributed by atoms with Crippen LogP contribution in [0, 0.1) is 0 Å². The van der Waals surface area contributed by atoms with Gasteiger partial charge in [-0.05, 0) is 24.3 Å². The molecule has 0 fully saturated rings. The lowest BCUT2D eigenvalue weighted by Gasteiger charge is -2.04. The third-order valence-corrected chi connectivity index (χ3v) is 2.36. The van der Waals surface area contributed by atoms with E-state index in [9.17, 15) is 0 Å². The Morgan fingerprint density at radius 2 is 2.29 bits per heavy atom. The maximum Gasteiger partial charge on any atom is 0.0567 e. The minimum absolute atomic E-state index is 0.760. The predicted octanol–water partition coefficient (Wildman–Crippen LogP) is 2.78. The Labute approximate surface area is 90.7 Å². The summed E-state index contributed by atoms with van der Waals surface area (Å²) in [5, 5.41) is 10.1. The maximum atomic E-state index is 3.88. The second kappa shape index (κ2) is 4.28. The molecule has 72 valence electrons. The number of nitrogens with one attached hydrogen (secondary N) is 2. The first-order valence-electron chi connectivity index (χ1n) is 4.32. The van der Waals surface area contributed by atoms with Crippen LogP contribution in [0.2, 0.25) is 0 Å². The number of rotatable bonds is 3. The van der Waals surface area contributed by atoms with E-state index in [0.717, 1.165) is 22.4 Å². The highest BCUT2D eigenvalue weighted by atomic mass is 79.9. The summed E-state index contributed by atoms with van der Waals surface area (Å²) in [6.07, 6.45) is 1.75. The van der Waals surface area contributed by atoms with Crippen molar-refractivity contribution in [2.75, 3.05) is 5.32 Å². The molecule has 0 aliphatic carbocycles. The number of benzene rings is 1. The van der Waals surface area contributed by atoms with Gasteiger partial charge in [-0.3, -0.25) is 5.10 Å². The molecule has 14 heavy (non-hydrogen) atoms. The summed E-state index contributed by atoms with van der Waals surface area (Å²) in [6.45, 7) is 0.760. The van der Waals surface area contributed by atoms with Crippen LogP contribution < -0.4 is 5.32 Å². The van der Waals surface area contributed by atoms with E-state index in [4.69, 9.17) is 0 Å². The van der Waals surface area contributed by atoms with E-state index >= 15 is 0 Å². The zero-order valence-electron chi connectivity index (χ0n) is 7.50. The zero-order chi connectivity index (χ0) is 9.80. The van der Waals surface area contributed by atoms with Crippen LogP contribution in [0.5, 0.6) is 0 Å². The Kier molecular flexibility index (Phi) is 2.84. The topological polar surface area (TPSA) is 40.7 Å². The second-order valence-corrected chi connectivity index (χ2v) is 3.86. The lowest BCUT2D eigenvalue weighted by molar-refractivity contribution is 0.981. The number of hydrogen-bond donors (Lipinski definition) is 2. The summed E-state index contributed by atoms with van der Waals surface area (Å²) in [6, 6.07) is 10.0. The highest BCUT2D eigenvalue weighted by molar-refractivity contribution is 9.10. The van der Waals surface area contributed by atoms with Crippen molar-refractivity contribution in [3.8, 4) is 0 Å². The molecule has 1 aromatic heterocycles. The molecule has 3 nitrogen and oxygen atoms in total. The van der Waals surface area contributed by atoms with Gasteiger partial charge in [0.25, 0.3) is 0 Å². The first kappa shape index (κ1) is 9.27. The van der Waals surface area contributed by atoms with Gasteiger partial charge in [-0.25, -0.2) is 0 Å². The van der Waals surface area contributed by atoms with Crippen molar-refractivity contribution in [2.45, 2.75) is 6.54 Å². The molecule has 0 bridgehead atoms. The van der Waals surface area contributed by atoms with Gasteiger partial charge in [0.2, 0.25) is 0 Å².